The summed E-state index contributed by atoms with van der Waals surface area (Å²) < 4.78 is 5.09. The first kappa shape index (κ1) is 72.4. The van der Waals surface area contributed by atoms with E-state index in [0.29, 0.717) is 34.9 Å². The Morgan fingerprint density at radius 1 is 0.153 bits per heavy atom. The molecule has 0 amide bonds. The molecule has 4 heterocycles. The van der Waals surface area contributed by atoms with Gasteiger partial charge < -0.3 is 0 Å². The summed E-state index contributed by atoms with van der Waals surface area (Å²) in [5.74, 6) is 3.61. The minimum Gasteiger partial charge on any atom is -0.208 e. The maximum atomic E-state index is 5.44. The van der Waals surface area contributed by atoms with Crippen LogP contribution in [-0.4, -0.2) is 29.9 Å². The van der Waals surface area contributed by atoms with E-state index in [4.69, 9.17) is 29.9 Å². The second-order valence-corrected chi connectivity index (χ2v) is 34.3. The Kier molecular flexibility index (Phi) is 17.3. The molecule has 4 aromatic heterocycles. The monoisotopic (exact) mass is 1610 g/mol. The van der Waals surface area contributed by atoms with E-state index >= 15 is 0 Å². The lowest BCUT2D eigenvalue weighted by atomic mass is 9.67. The number of hydrogen-bond donors (Lipinski definition) is 0. The topological polar surface area (TPSA) is 77.3 Å². The molecule has 0 N–H and O–H groups in total. The highest BCUT2D eigenvalue weighted by Crippen LogP contribution is 2.63. The van der Waals surface area contributed by atoms with Crippen LogP contribution in [0.4, 0.5) is 0 Å². The van der Waals surface area contributed by atoms with Crippen LogP contribution in [-0.2, 0) is 10.8 Å². The third-order valence-corrected chi connectivity index (χ3v) is 27.7. The first-order valence-corrected chi connectivity index (χ1v) is 43.7. The first-order chi connectivity index (χ1) is 61.4. The van der Waals surface area contributed by atoms with Crippen LogP contribution in [0.5, 0.6) is 0 Å². The minimum absolute atomic E-state index is 0.582. The zero-order valence-electron chi connectivity index (χ0n) is 67.1. The lowest BCUT2D eigenvalue weighted by Crippen LogP contribution is -2.28. The van der Waals surface area contributed by atoms with Gasteiger partial charge in [0.2, 0.25) is 0 Å². The molecule has 0 radical (unpaired) electrons. The van der Waals surface area contributed by atoms with Gasteiger partial charge in [0.1, 0.15) is 0 Å². The van der Waals surface area contributed by atoms with Crippen molar-refractivity contribution >= 4 is 63.0 Å². The number of thiophene rings is 2. The van der Waals surface area contributed by atoms with Gasteiger partial charge in [-0.25, -0.2) is 29.9 Å². The molecule has 124 heavy (non-hydrogen) atoms. The highest BCUT2D eigenvalue weighted by molar-refractivity contribution is 7.26. The fourth-order valence-electron chi connectivity index (χ4n) is 19.8. The molecule has 0 saturated carbocycles. The Balaban J connectivity index is 0.626. The van der Waals surface area contributed by atoms with Crippen molar-refractivity contribution in [1.82, 2.24) is 29.9 Å². The van der Waals surface area contributed by atoms with E-state index in [-0.39, 0.29) is 0 Å². The highest BCUT2D eigenvalue weighted by Gasteiger charge is 2.49. The number of fused-ring (bicyclic) bond motifs is 12. The predicted octanol–water partition coefficient (Wildman–Crippen LogP) is 29.9. The van der Waals surface area contributed by atoms with Crippen LogP contribution in [0.25, 0.3) is 187 Å². The Bertz CT molecular complexity index is 7840. The van der Waals surface area contributed by atoms with E-state index < -0.39 is 10.8 Å². The smallest absolute Gasteiger partial charge is 0.164 e. The van der Waals surface area contributed by atoms with Crippen LogP contribution in [0.15, 0.2) is 437 Å². The standard InChI is InChI=1S/C116H72N6S2/c1-7-28-76(29-8-1)109-117-110(77-30-9-2-10-31-77)119-113(118-109)80-58-52-74(53-59-80)105-89(83-63-69-103-96(71-83)92-43-22-26-49-102(92)123-103)65-68-100-108(105)95-45-20-24-47-98(95)116(100,87-39-17-6-18-40-87)88-41-27-34-82(70-88)73-50-56-79(57-51-73)112-120-111(78-32-11-3-12-33-78)121-114(122-112)81-60-54-75(55-61-81)106-90(84-62-64-93-91-42-21-25-48-101(91)124-104(93)72-84)66-67-99-107(106)94-44-19-23-46-97(94)115(99,85-35-13-4-14-36-85)86-37-15-5-16-38-86/h1-72H. The molecule has 22 aromatic rings. The Morgan fingerprint density at radius 2 is 0.460 bits per heavy atom. The predicted molar refractivity (Wildman–Crippen MR) is 513 cm³/mol. The molecular formula is C116H72N6S2. The second kappa shape index (κ2) is 29.7. The second-order valence-electron chi connectivity index (χ2n) is 32.2. The lowest BCUT2D eigenvalue weighted by Gasteiger charge is -2.34. The molecule has 1 atom stereocenters. The zero-order chi connectivity index (χ0) is 81.8. The van der Waals surface area contributed by atoms with Gasteiger partial charge in [-0.3, -0.25) is 0 Å². The van der Waals surface area contributed by atoms with Crippen molar-refractivity contribution < 1.29 is 0 Å². The van der Waals surface area contributed by atoms with Gasteiger partial charge in [-0.1, -0.05) is 400 Å². The fourth-order valence-corrected chi connectivity index (χ4v) is 22.1. The summed E-state index contributed by atoms with van der Waals surface area (Å²) in [5.41, 5.74) is 29.9. The van der Waals surface area contributed by atoms with E-state index in [1.54, 1.807) is 0 Å². The van der Waals surface area contributed by atoms with Crippen LogP contribution in [0.1, 0.15) is 44.5 Å². The molecule has 0 saturated heterocycles. The van der Waals surface area contributed by atoms with Crippen molar-refractivity contribution in [2.75, 3.05) is 0 Å². The van der Waals surface area contributed by atoms with Crippen LogP contribution in [0, 0.1) is 0 Å². The normalized spacial score (nSPS) is 13.6. The number of aromatic nitrogens is 6. The molecule has 578 valence electrons. The van der Waals surface area contributed by atoms with E-state index in [9.17, 15) is 0 Å². The number of nitrogens with zero attached hydrogens (tertiary/aromatic N) is 6. The molecule has 24 rings (SSSR count). The van der Waals surface area contributed by atoms with Crippen LogP contribution in [0.2, 0.25) is 0 Å². The minimum atomic E-state index is -0.760. The van der Waals surface area contributed by atoms with Crippen LogP contribution >= 0.6 is 22.7 Å². The molecule has 6 nitrogen and oxygen atoms in total. The van der Waals surface area contributed by atoms with Crippen molar-refractivity contribution in [1.29, 1.82) is 0 Å². The van der Waals surface area contributed by atoms with Crippen LogP contribution in [0.3, 0.4) is 0 Å². The molecular weight excluding hydrogens is 1540 g/mol. The largest absolute Gasteiger partial charge is 0.208 e. The average Bonchev–Trinajstić information content (AvgIpc) is 1.53. The summed E-state index contributed by atoms with van der Waals surface area (Å²) >= 11 is 3.70. The molecule has 0 bridgehead atoms. The van der Waals surface area contributed by atoms with Gasteiger partial charge in [-0.15, -0.1) is 22.7 Å². The van der Waals surface area contributed by atoms with E-state index in [2.05, 4.69) is 382 Å². The van der Waals surface area contributed by atoms with Crippen molar-refractivity contribution in [2.45, 2.75) is 10.8 Å². The van der Waals surface area contributed by atoms with Crippen LogP contribution < -0.4 is 0 Å². The molecule has 0 spiro atoms. The highest BCUT2D eigenvalue weighted by atomic mass is 32.1. The maximum absolute atomic E-state index is 5.44. The van der Waals surface area contributed by atoms with Crippen molar-refractivity contribution in [2.24, 2.45) is 0 Å². The zero-order valence-corrected chi connectivity index (χ0v) is 68.7. The number of benzene rings is 18. The number of hydrogen-bond acceptors (Lipinski definition) is 8. The fraction of sp³-hybridized carbons (Fsp3) is 0.0172. The summed E-state index contributed by atoms with van der Waals surface area (Å²) in [4.78, 5) is 31.5. The summed E-state index contributed by atoms with van der Waals surface area (Å²) in [5, 5.41) is 5.07. The van der Waals surface area contributed by atoms with Gasteiger partial charge in [0.05, 0.1) is 10.8 Å². The Morgan fingerprint density at radius 3 is 0.911 bits per heavy atom. The van der Waals surface area contributed by atoms with E-state index in [1.165, 1.54) is 118 Å². The van der Waals surface area contributed by atoms with Crippen molar-refractivity contribution in [3.05, 3.63) is 481 Å². The maximum Gasteiger partial charge on any atom is 0.164 e. The summed E-state index contributed by atoms with van der Waals surface area (Å²) in [6, 6.07) is 159. The third kappa shape index (κ3) is 11.8. The van der Waals surface area contributed by atoms with Gasteiger partial charge in [0.15, 0.2) is 34.9 Å². The van der Waals surface area contributed by atoms with Gasteiger partial charge in [-0.2, -0.15) is 0 Å². The van der Waals surface area contributed by atoms with Gasteiger partial charge in [-0.05, 0) is 159 Å². The van der Waals surface area contributed by atoms with Gasteiger partial charge in [0, 0.05) is 73.7 Å². The molecule has 18 aromatic carbocycles. The lowest BCUT2D eigenvalue weighted by molar-refractivity contribution is 0.768. The summed E-state index contributed by atoms with van der Waals surface area (Å²) in [6.45, 7) is 0. The molecule has 2 aliphatic rings. The molecule has 8 heteroatoms. The van der Waals surface area contributed by atoms with Crippen molar-refractivity contribution in [3.63, 3.8) is 0 Å². The van der Waals surface area contributed by atoms with E-state index in [0.717, 1.165) is 77.9 Å². The van der Waals surface area contributed by atoms with E-state index in [1.807, 2.05) is 77.3 Å². The quantitative estimate of drug-likeness (QED) is 0.102. The first-order valence-electron chi connectivity index (χ1n) is 42.1. The Hall–Kier alpha value is -15.6. The third-order valence-electron chi connectivity index (χ3n) is 25.4. The average molecular weight is 1610 g/mol. The van der Waals surface area contributed by atoms with Gasteiger partial charge >= 0.3 is 0 Å². The van der Waals surface area contributed by atoms with Crippen molar-refractivity contribution in [3.8, 4) is 146 Å². The SMILES string of the molecule is c1ccc(-c2nc(-c3ccc(-c4cccc(C5(c6ccccc6)c6ccccc6-c6c5ccc(-c5ccc7sc8ccccc8c7c5)c6-c5ccc(-c6nc(-c7ccccc7)nc(-c7ccccc7)n6)cc5)c4)cc3)nc(-c3ccc(-c4c(-c5ccc6c(c5)sc5ccccc56)ccc5c4-c4ccccc4C5(c4ccccc4)c4ccccc4)cc3)n2)cc1. The molecule has 0 aliphatic heterocycles. The molecule has 2 aliphatic carbocycles. The number of rotatable bonds is 15. The molecule has 0 fully saturated rings. The summed E-state index contributed by atoms with van der Waals surface area (Å²) in [7, 11) is 0. The Labute approximate surface area is 725 Å². The molecule has 1 unspecified atom stereocenters. The summed E-state index contributed by atoms with van der Waals surface area (Å²) in [6.07, 6.45) is 0. The van der Waals surface area contributed by atoms with Gasteiger partial charge in [0.25, 0.3) is 0 Å².